The van der Waals surface area contributed by atoms with Crippen molar-refractivity contribution in [3.63, 3.8) is 0 Å². The molecule has 0 fully saturated rings. The van der Waals surface area contributed by atoms with Gasteiger partial charge >= 0.3 is 5.97 Å². The lowest BCUT2D eigenvalue weighted by Gasteiger charge is -2.16. The van der Waals surface area contributed by atoms with Crippen molar-refractivity contribution in [1.82, 2.24) is 4.72 Å². The van der Waals surface area contributed by atoms with Crippen LogP contribution in [0.15, 0.2) is 39.9 Å². The van der Waals surface area contributed by atoms with Crippen molar-refractivity contribution in [3.8, 4) is 0 Å². The number of amides is 1. The zero-order valence-corrected chi connectivity index (χ0v) is 15.3. The van der Waals surface area contributed by atoms with Crippen molar-refractivity contribution in [1.29, 1.82) is 0 Å². The fourth-order valence-corrected chi connectivity index (χ4v) is 3.08. The molecular formula is C17H19ClN2O3S. The standard InChI is InChI=1S/C17H19ClN2O3S/c1-4-11-7-12(17(22)23-5-2)9-13(8-11)19-16(21)15-10(3)6-14(18)20-24-15/h6-9,20H,4-5H2,1-3H3,(H,19,21). The van der Waals surface area contributed by atoms with Crippen LogP contribution in [0.1, 0.15) is 36.7 Å². The van der Waals surface area contributed by atoms with Gasteiger partial charge in [-0.05, 0) is 67.6 Å². The van der Waals surface area contributed by atoms with Crippen molar-refractivity contribution in [3.05, 3.63) is 51.0 Å². The van der Waals surface area contributed by atoms with Crippen LogP contribution in [-0.2, 0) is 16.0 Å². The molecule has 2 rings (SSSR count). The predicted molar refractivity (Wildman–Crippen MR) is 97.8 cm³/mol. The lowest BCUT2D eigenvalue weighted by atomic mass is 10.1. The number of hydrogen-bond acceptors (Lipinski definition) is 5. The van der Waals surface area contributed by atoms with Gasteiger partial charge in [-0.2, -0.15) is 0 Å². The Bertz CT molecular complexity index is 729. The van der Waals surface area contributed by atoms with Crippen LogP contribution in [0.2, 0.25) is 0 Å². The number of ether oxygens (including phenoxy) is 1. The van der Waals surface area contributed by atoms with Crippen LogP contribution < -0.4 is 10.0 Å². The molecule has 7 heteroatoms. The summed E-state index contributed by atoms with van der Waals surface area (Å²) in [7, 11) is 0. The first kappa shape index (κ1) is 18.4. The summed E-state index contributed by atoms with van der Waals surface area (Å²) in [4.78, 5) is 25.0. The molecule has 5 nitrogen and oxygen atoms in total. The Kier molecular flexibility index (Phi) is 6.34. The molecule has 24 heavy (non-hydrogen) atoms. The molecule has 2 N–H and O–H groups in total. The van der Waals surface area contributed by atoms with E-state index in [-0.39, 0.29) is 5.91 Å². The molecule has 0 bridgehead atoms. The van der Waals surface area contributed by atoms with Gasteiger partial charge in [0.2, 0.25) is 0 Å². The van der Waals surface area contributed by atoms with E-state index >= 15 is 0 Å². The number of rotatable bonds is 5. The lowest BCUT2D eigenvalue weighted by molar-refractivity contribution is -0.112. The fourth-order valence-electron chi connectivity index (χ4n) is 2.18. The summed E-state index contributed by atoms with van der Waals surface area (Å²) in [6, 6.07) is 5.24. The summed E-state index contributed by atoms with van der Waals surface area (Å²) in [5.74, 6) is -0.657. The van der Waals surface area contributed by atoms with Crippen LogP contribution in [0.25, 0.3) is 0 Å². The highest BCUT2D eigenvalue weighted by Crippen LogP contribution is 2.27. The summed E-state index contributed by atoms with van der Waals surface area (Å²) in [5.41, 5.74) is 2.70. The number of aryl methyl sites for hydroxylation is 1. The van der Waals surface area contributed by atoms with E-state index < -0.39 is 5.97 Å². The smallest absolute Gasteiger partial charge is 0.338 e. The van der Waals surface area contributed by atoms with E-state index in [0.717, 1.165) is 29.5 Å². The second kappa shape index (κ2) is 8.26. The van der Waals surface area contributed by atoms with Gasteiger partial charge in [-0.1, -0.05) is 18.5 Å². The average molecular weight is 367 g/mol. The molecule has 0 saturated heterocycles. The highest BCUT2D eigenvalue weighted by Gasteiger charge is 2.18. The Balaban J connectivity index is 2.26. The average Bonchev–Trinajstić information content (AvgIpc) is 2.54. The van der Waals surface area contributed by atoms with Crippen molar-refractivity contribution in [2.24, 2.45) is 0 Å². The minimum absolute atomic E-state index is 0.256. The van der Waals surface area contributed by atoms with Crippen LogP contribution in [0.4, 0.5) is 5.69 Å². The number of carbonyl (C=O) groups is 2. The number of benzene rings is 1. The summed E-state index contributed by atoms with van der Waals surface area (Å²) >= 11 is 7.04. The fraction of sp³-hybridized carbons (Fsp3) is 0.294. The van der Waals surface area contributed by atoms with Crippen molar-refractivity contribution < 1.29 is 14.3 Å². The van der Waals surface area contributed by atoms with Gasteiger partial charge in [0, 0.05) is 5.69 Å². The summed E-state index contributed by atoms with van der Waals surface area (Å²) in [6.45, 7) is 5.86. The summed E-state index contributed by atoms with van der Waals surface area (Å²) in [5, 5.41) is 3.31. The van der Waals surface area contributed by atoms with Crippen LogP contribution in [0.5, 0.6) is 0 Å². The molecule has 0 unspecified atom stereocenters. The Morgan fingerprint density at radius 2 is 2.04 bits per heavy atom. The molecule has 0 radical (unpaired) electrons. The van der Waals surface area contributed by atoms with E-state index in [9.17, 15) is 9.59 Å². The van der Waals surface area contributed by atoms with E-state index in [0.29, 0.717) is 27.9 Å². The summed E-state index contributed by atoms with van der Waals surface area (Å²) in [6.07, 6.45) is 2.44. The van der Waals surface area contributed by atoms with Crippen LogP contribution in [-0.4, -0.2) is 18.5 Å². The lowest BCUT2D eigenvalue weighted by Crippen LogP contribution is -2.19. The molecule has 128 valence electrons. The quantitative estimate of drug-likeness (QED) is 0.469. The number of allylic oxidation sites excluding steroid dienone is 2. The molecule has 0 spiro atoms. The minimum atomic E-state index is -0.401. The maximum absolute atomic E-state index is 12.5. The first-order valence-corrected chi connectivity index (χ1v) is 8.77. The third-order valence-corrected chi connectivity index (χ3v) is 4.68. The Labute approximate surface area is 150 Å². The number of esters is 1. The molecule has 1 aromatic rings. The molecule has 0 aliphatic carbocycles. The van der Waals surface area contributed by atoms with Crippen molar-refractivity contribution in [2.45, 2.75) is 27.2 Å². The van der Waals surface area contributed by atoms with Crippen molar-refractivity contribution in [2.75, 3.05) is 11.9 Å². The van der Waals surface area contributed by atoms with E-state index in [1.807, 2.05) is 19.9 Å². The monoisotopic (exact) mass is 366 g/mol. The molecule has 0 aromatic heterocycles. The number of halogens is 1. The maximum Gasteiger partial charge on any atom is 0.338 e. The Morgan fingerprint density at radius 3 is 2.67 bits per heavy atom. The second-order valence-electron chi connectivity index (χ2n) is 5.16. The topological polar surface area (TPSA) is 67.4 Å². The van der Waals surface area contributed by atoms with Gasteiger partial charge in [0.25, 0.3) is 5.91 Å². The molecule has 1 heterocycles. The van der Waals surface area contributed by atoms with E-state index in [4.69, 9.17) is 16.3 Å². The first-order chi connectivity index (χ1) is 11.4. The highest BCUT2D eigenvalue weighted by molar-refractivity contribution is 8.02. The van der Waals surface area contributed by atoms with E-state index in [2.05, 4.69) is 10.0 Å². The minimum Gasteiger partial charge on any atom is -0.462 e. The molecule has 0 atom stereocenters. The van der Waals surface area contributed by atoms with Crippen LogP contribution in [0.3, 0.4) is 0 Å². The number of carbonyl (C=O) groups excluding carboxylic acids is 2. The third kappa shape index (κ3) is 4.55. The van der Waals surface area contributed by atoms with Gasteiger partial charge < -0.3 is 14.8 Å². The van der Waals surface area contributed by atoms with Gasteiger partial charge in [-0.3, -0.25) is 4.79 Å². The summed E-state index contributed by atoms with van der Waals surface area (Å²) < 4.78 is 7.88. The van der Waals surface area contributed by atoms with Gasteiger partial charge in [0.15, 0.2) is 0 Å². The molecular weight excluding hydrogens is 348 g/mol. The molecule has 1 amide bonds. The van der Waals surface area contributed by atoms with Gasteiger partial charge in [0.05, 0.1) is 17.1 Å². The van der Waals surface area contributed by atoms with Crippen LogP contribution in [0, 0.1) is 0 Å². The van der Waals surface area contributed by atoms with Gasteiger partial charge in [-0.15, -0.1) is 0 Å². The zero-order chi connectivity index (χ0) is 17.7. The molecule has 1 aliphatic rings. The largest absolute Gasteiger partial charge is 0.462 e. The van der Waals surface area contributed by atoms with E-state index in [1.165, 1.54) is 0 Å². The first-order valence-electron chi connectivity index (χ1n) is 7.58. The second-order valence-corrected chi connectivity index (χ2v) is 6.38. The normalized spacial score (nSPS) is 13.9. The van der Waals surface area contributed by atoms with Crippen LogP contribution >= 0.6 is 23.5 Å². The molecule has 1 aliphatic heterocycles. The maximum atomic E-state index is 12.5. The number of nitrogens with one attached hydrogen (secondary N) is 2. The Morgan fingerprint density at radius 1 is 1.29 bits per heavy atom. The molecule has 0 saturated carbocycles. The Hall–Kier alpha value is -1.92. The van der Waals surface area contributed by atoms with E-state index in [1.54, 1.807) is 25.1 Å². The highest BCUT2D eigenvalue weighted by atomic mass is 35.5. The van der Waals surface area contributed by atoms with Gasteiger partial charge in [0.1, 0.15) is 5.16 Å². The third-order valence-electron chi connectivity index (χ3n) is 3.33. The predicted octanol–water partition coefficient (Wildman–Crippen LogP) is 3.97. The molecule has 1 aromatic carbocycles. The van der Waals surface area contributed by atoms with Gasteiger partial charge in [-0.25, -0.2) is 4.79 Å². The van der Waals surface area contributed by atoms with Crippen molar-refractivity contribution >= 4 is 41.1 Å². The SMILES string of the molecule is CCOC(=O)c1cc(CC)cc(NC(=O)C2=C(C)C=C(Cl)NS2)c1. The number of anilines is 1. The zero-order valence-electron chi connectivity index (χ0n) is 13.7. The number of hydrogen-bond donors (Lipinski definition) is 2.